The minimum absolute atomic E-state index is 0.368. The fourth-order valence-corrected chi connectivity index (χ4v) is 1.90. The average molecular weight is 298 g/mol. The van der Waals surface area contributed by atoms with Gasteiger partial charge < -0.3 is 15.2 Å². The van der Waals surface area contributed by atoms with Crippen LogP contribution in [0.5, 0.6) is 11.5 Å². The van der Waals surface area contributed by atoms with Crippen LogP contribution < -0.4 is 15.2 Å². The predicted octanol–water partition coefficient (Wildman–Crippen LogP) is 4.16. The van der Waals surface area contributed by atoms with E-state index in [0.717, 1.165) is 5.56 Å². The van der Waals surface area contributed by atoms with Gasteiger partial charge in [0.1, 0.15) is 18.1 Å². The number of ether oxygens (including phenoxy) is 2. The summed E-state index contributed by atoms with van der Waals surface area (Å²) in [6.45, 7) is 0.368. The second kappa shape index (κ2) is 6.04. The summed E-state index contributed by atoms with van der Waals surface area (Å²) in [5, 5.41) is 1.03. The van der Waals surface area contributed by atoms with Gasteiger partial charge in [0, 0.05) is 6.07 Å². The van der Waals surface area contributed by atoms with E-state index in [1.807, 2.05) is 6.07 Å². The largest absolute Gasteiger partial charge is 0.497 e. The van der Waals surface area contributed by atoms with Crippen LogP contribution in [-0.2, 0) is 6.61 Å². The normalized spacial score (nSPS) is 10.3. The molecule has 19 heavy (non-hydrogen) atoms. The van der Waals surface area contributed by atoms with E-state index in [-0.39, 0.29) is 0 Å². The van der Waals surface area contributed by atoms with Gasteiger partial charge in [-0.3, -0.25) is 0 Å². The molecule has 0 bridgehead atoms. The number of anilines is 1. The molecule has 2 aromatic rings. The molecule has 0 heterocycles. The zero-order valence-electron chi connectivity index (χ0n) is 10.3. The number of nitrogens with two attached hydrogens (primary N) is 1. The first-order valence-corrected chi connectivity index (χ1v) is 6.36. The van der Waals surface area contributed by atoms with Gasteiger partial charge in [0.25, 0.3) is 0 Å². The monoisotopic (exact) mass is 297 g/mol. The zero-order chi connectivity index (χ0) is 13.8. The second-order valence-corrected chi connectivity index (χ2v) is 4.76. The van der Waals surface area contributed by atoms with Gasteiger partial charge in [0.2, 0.25) is 0 Å². The van der Waals surface area contributed by atoms with Gasteiger partial charge in [0.05, 0.1) is 22.8 Å². The van der Waals surface area contributed by atoms with Crippen LogP contribution in [0.2, 0.25) is 10.0 Å². The molecule has 2 aromatic carbocycles. The van der Waals surface area contributed by atoms with E-state index >= 15 is 0 Å². The highest BCUT2D eigenvalue weighted by atomic mass is 35.5. The van der Waals surface area contributed by atoms with E-state index in [2.05, 4.69) is 0 Å². The fourth-order valence-electron chi connectivity index (χ4n) is 1.58. The molecule has 5 heteroatoms. The van der Waals surface area contributed by atoms with E-state index in [9.17, 15) is 0 Å². The van der Waals surface area contributed by atoms with Crippen molar-refractivity contribution in [2.75, 3.05) is 12.8 Å². The maximum atomic E-state index is 5.94. The number of methoxy groups -OCH3 is 1. The Bertz CT molecular complexity index is 588. The van der Waals surface area contributed by atoms with Crippen molar-refractivity contribution >= 4 is 28.9 Å². The second-order valence-electron chi connectivity index (χ2n) is 3.94. The predicted molar refractivity (Wildman–Crippen MR) is 78.2 cm³/mol. The van der Waals surface area contributed by atoms with E-state index in [1.165, 1.54) is 0 Å². The Balaban J connectivity index is 2.07. The lowest BCUT2D eigenvalue weighted by atomic mass is 10.2. The summed E-state index contributed by atoms with van der Waals surface area (Å²) < 4.78 is 10.7. The zero-order valence-corrected chi connectivity index (χ0v) is 11.8. The Morgan fingerprint density at radius 3 is 2.47 bits per heavy atom. The Hall–Kier alpha value is -1.58. The van der Waals surface area contributed by atoms with Gasteiger partial charge in [-0.1, -0.05) is 29.3 Å². The van der Waals surface area contributed by atoms with Crippen molar-refractivity contribution in [2.24, 2.45) is 0 Å². The van der Waals surface area contributed by atoms with Crippen LogP contribution in [0.15, 0.2) is 36.4 Å². The minimum atomic E-state index is 0.368. The summed E-state index contributed by atoms with van der Waals surface area (Å²) in [6.07, 6.45) is 0. The van der Waals surface area contributed by atoms with Crippen molar-refractivity contribution in [1.29, 1.82) is 0 Å². The lowest BCUT2D eigenvalue weighted by Crippen LogP contribution is -1.99. The molecular formula is C14H13Cl2NO2. The third-order valence-corrected chi connectivity index (χ3v) is 3.33. The van der Waals surface area contributed by atoms with Crippen molar-refractivity contribution < 1.29 is 9.47 Å². The summed E-state index contributed by atoms with van der Waals surface area (Å²) in [5.41, 5.74) is 7.31. The molecule has 0 aliphatic heterocycles. The first kappa shape index (κ1) is 13.8. The standard InChI is InChI=1S/C14H13Cl2NO2/c1-18-10-3-5-14(13(17)7-10)19-8-9-2-4-11(15)12(16)6-9/h2-7H,8,17H2,1H3. The molecule has 2 rings (SSSR count). The Morgan fingerprint density at radius 2 is 1.84 bits per heavy atom. The summed E-state index contributed by atoms with van der Waals surface area (Å²) in [6, 6.07) is 10.6. The lowest BCUT2D eigenvalue weighted by molar-refractivity contribution is 0.307. The molecular weight excluding hydrogens is 285 g/mol. The number of hydrogen-bond acceptors (Lipinski definition) is 3. The Kier molecular flexibility index (Phi) is 4.40. The SMILES string of the molecule is COc1ccc(OCc2ccc(Cl)c(Cl)c2)c(N)c1. The van der Waals surface area contributed by atoms with Gasteiger partial charge in [-0.05, 0) is 29.8 Å². The van der Waals surface area contributed by atoms with Crippen LogP contribution >= 0.6 is 23.2 Å². The van der Waals surface area contributed by atoms with Crippen LogP contribution in [0, 0.1) is 0 Å². The molecule has 0 aliphatic rings. The molecule has 0 saturated heterocycles. The molecule has 0 saturated carbocycles. The number of rotatable bonds is 4. The lowest BCUT2D eigenvalue weighted by Gasteiger charge is -2.10. The molecule has 0 fully saturated rings. The molecule has 0 atom stereocenters. The molecule has 0 spiro atoms. The highest BCUT2D eigenvalue weighted by Gasteiger charge is 2.04. The molecule has 0 aromatic heterocycles. The van der Waals surface area contributed by atoms with Crippen LogP contribution in [0.1, 0.15) is 5.56 Å². The summed E-state index contributed by atoms with van der Waals surface area (Å²) in [4.78, 5) is 0. The Morgan fingerprint density at radius 1 is 1.05 bits per heavy atom. The topological polar surface area (TPSA) is 44.5 Å². The van der Waals surface area contributed by atoms with Crippen molar-refractivity contribution in [2.45, 2.75) is 6.61 Å². The average Bonchev–Trinajstić information content (AvgIpc) is 2.41. The van der Waals surface area contributed by atoms with Gasteiger partial charge in [-0.15, -0.1) is 0 Å². The van der Waals surface area contributed by atoms with E-state index in [1.54, 1.807) is 37.4 Å². The molecule has 2 N–H and O–H groups in total. The minimum Gasteiger partial charge on any atom is -0.497 e. The third kappa shape index (κ3) is 3.46. The van der Waals surface area contributed by atoms with Gasteiger partial charge in [-0.2, -0.15) is 0 Å². The van der Waals surface area contributed by atoms with E-state index in [4.69, 9.17) is 38.4 Å². The molecule has 0 radical (unpaired) electrons. The number of halogens is 2. The molecule has 0 unspecified atom stereocenters. The van der Waals surface area contributed by atoms with Crippen molar-refractivity contribution in [3.8, 4) is 11.5 Å². The highest BCUT2D eigenvalue weighted by molar-refractivity contribution is 6.42. The maximum absolute atomic E-state index is 5.94. The van der Waals surface area contributed by atoms with Crippen molar-refractivity contribution in [3.05, 3.63) is 52.0 Å². The number of benzene rings is 2. The Labute approximate surface area is 121 Å². The first-order chi connectivity index (χ1) is 9.10. The summed E-state index contributed by atoms with van der Waals surface area (Å²) in [5.74, 6) is 1.30. The van der Waals surface area contributed by atoms with Crippen LogP contribution in [0.25, 0.3) is 0 Å². The number of hydrogen-bond donors (Lipinski definition) is 1. The molecule has 0 aliphatic carbocycles. The quantitative estimate of drug-likeness (QED) is 0.862. The van der Waals surface area contributed by atoms with Gasteiger partial charge >= 0.3 is 0 Å². The van der Waals surface area contributed by atoms with E-state index < -0.39 is 0 Å². The fraction of sp³-hybridized carbons (Fsp3) is 0.143. The van der Waals surface area contributed by atoms with Crippen LogP contribution in [0.3, 0.4) is 0 Å². The first-order valence-electron chi connectivity index (χ1n) is 5.60. The smallest absolute Gasteiger partial charge is 0.142 e. The van der Waals surface area contributed by atoms with Crippen molar-refractivity contribution in [1.82, 2.24) is 0 Å². The third-order valence-electron chi connectivity index (χ3n) is 2.60. The maximum Gasteiger partial charge on any atom is 0.142 e. The molecule has 100 valence electrons. The van der Waals surface area contributed by atoms with Gasteiger partial charge in [-0.25, -0.2) is 0 Å². The summed E-state index contributed by atoms with van der Waals surface area (Å²) in [7, 11) is 1.59. The molecule has 0 amide bonds. The number of nitrogen functional groups attached to an aromatic ring is 1. The van der Waals surface area contributed by atoms with Crippen LogP contribution in [-0.4, -0.2) is 7.11 Å². The molecule has 3 nitrogen and oxygen atoms in total. The van der Waals surface area contributed by atoms with Crippen molar-refractivity contribution in [3.63, 3.8) is 0 Å². The summed E-state index contributed by atoms with van der Waals surface area (Å²) >= 11 is 11.8. The highest BCUT2D eigenvalue weighted by Crippen LogP contribution is 2.28. The van der Waals surface area contributed by atoms with Crippen LogP contribution in [0.4, 0.5) is 5.69 Å². The van der Waals surface area contributed by atoms with E-state index in [0.29, 0.717) is 33.8 Å². The van der Waals surface area contributed by atoms with Gasteiger partial charge in [0.15, 0.2) is 0 Å².